The van der Waals surface area contributed by atoms with Crippen molar-refractivity contribution >= 4 is 46.5 Å². The van der Waals surface area contributed by atoms with Gasteiger partial charge in [0.05, 0.1) is 6.11 Å². The number of hydrogen-bond acceptors (Lipinski definition) is 16. The van der Waals surface area contributed by atoms with Gasteiger partial charge in [0, 0.05) is 98.1 Å². The molecule has 53 heavy (non-hydrogen) atoms. The number of nitrogens with one attached hydrogen (secondary N) is 1. The minimum absolute atomic E-state index is 0.501. The van der Waals surface area contributed by atoms with Crippen molar-refractivity contribution < 1.29 is 44.3 Å². The Bertz CT molecular complexity index is 768. The Balaban J connectivity index is -0.000000306. The second kappa shape index (κ2) is 41.6. The Morgan fingerprint density at radius 3 is 1.36 bits per heavy atom. The van der Waals surface area contributed by atoms with E-state index in [2.05, 4.69) is 31.4 Å². The van der Waals surface area contributed by atoms with Gasteiger partial charge in [0.25, 0.3) is 0 Å². The van der Waals surface area contributed by atoms with E-state index in [-0.39, 0.29) is 0 Å². The molecular formula is C33H83N5O10SSi4. The van der Waals surface area contributed by atoms with Crippen LogP contribution in [0.5, 0.6) is 0 Å². The Labute approximate surface area is 333 Å². The molecule has 20 heteroatoms. The van der Waals surface area contributed by atoms with Crippen molar-refractivity contribution in [2.24, 2.45) is 22.9 Å². The van der Waals surface area contributed by atoms with Gasteiger partial charge < -0.3 is 72.5 Å². The average molecular weight is 854 g/mol. The van der Waals surface area contributed by atoms with Crippen molar-refractivity contribution in [1.29, 1.82) is 0 Å². The third-order valence-electron chi connectivity index (χ3n) is 6.97. The van der Waals surface area contributed by atoms with E-state index in [0.717, 1.165) is 69.1 Å². The third kappa shape index (κ3) is 35.0. The lowest BCUT2D eigenvalue weighted by Gasteiger charge is -2.28. The molecule has 15 nitrogen and oxygen atoms in total. The summed E-state index contributed by atoms with van der Waals surface area (Å²) in [7, 11) is -3.83. The van der Waals surface area contributed by atoms with Crippen molar-refractivity contribution in [3.63, 3.8) is 0 Å². The van der Waals surface area contributed by atoms with Crippen LogP contribution >= 0.6 is 11.8 Å². The number of hydrogen-bond donors (Lipinski definition) is 5. The molecule has 0 aromatic carbocycles. The fourth-order valence-electron chi connectivity index (χ4n) is 4.61. The topological polar surface area (TPSA) is 208 Å². The van der Waals surface area contributed by atoms with Gasteiger partial charge in [-0.25, -0.2) is 0 Å². The molecular weight excluding hydrogens is 771 g/mol. The zero-order chi connectivity index (χ0) is 41.3. The molecule has 0 saturated heterocycles. The van der Waals surface area contributed by atoms with Crippen LogP contribution in [-0.4, -0.2) is 140 Å². The second-order valence-electron chi connectivity index (χ2n) is 11.5. The molecule has 0 fully saturated rings. The molecule has 322 valence electrons. The van der Waals surface area contributed by atoms with Crippen LogP contribution in [0.15, 0.2) is 0 Å². The Morgan fingerprint density at radius 2 is 0.981 bits per heavy atom. The standard InChI is InChI=1S/C10H25NO3SSi.C9H19NO3Si.C7H20N2O3Si.C7H19NOSi/c1-4-12-16(13-5-2,14-6-3)10-9-15-8-7-11;1-4-11-14(12-5-2,13-6-3)9-7-8-10;1-10-13(11-2,12-3)6-4-5-9-7-8;1-4-9-10(2,3)7-5-6-8/h4-11H2,1-3H3;1H,5-10H2,2-3H3;9H,4-8H2,1-3H3;4-8H2,1-3H3. The van der Waals surface area contributed by atoms with E-state index in [4.69, 9.17) is 73.6 Å². The maximum Gasteiger partial charge on any atom is 0.574 e. The maximum absolute atomic E-state index is 5.74. The van der Waals surface area contributed by atoms with Crippen LogP contribution in [0.3, 0.4) is 0 Å². The second-order valence-corrected chi connectivity index (χ2v) is 25.5. The molecule has 0 bridgehead atoms. The Hall–Kier alpha value is 0.0175. The van der Waals surface area contributed by atoms with Crippen LogP contribution in [0.25, 0.3) is 0 Å². The normalized spacial score (nSPS) is 11.7. The molecule has 0 amide bonds. The summed E-state index contributed by atoms with van der Waals surface area (Å²) in [5, 5.41) is 3.03. The fourth-order valence-corrected chi connectivity index (χ4v) is 14.5. The summed E-state index contributed by atoms with van der Waals surface area (Å²) >= 11 is 1.83. The first-order valence-electron chi connectivity index (χ1n) is 19.1. The summed E-state index contributed by atoms with van der Waals surface area (Å²) in [5.74, 6) is 1.97. The SMILES string of the molecule is C#CO[Si](CCCN)(OCC)OCC.CCO[Si](C)(C)CCCN.CCO[Si](CCSCCN)(OCC)OCC.CO[Si](CCCNCN)(OC)OC. The van der Waals surface area contributed by atoms with Crippen LogP contribution in [0.1, 0.15) is 60.8 Å². The summed E-state index contributed by atoms with van der Waals surface area (Å²) in [6.07, 6.45) is 10.1. The lowest BCUT2D eigenvalue weighted by molar-refractivity contribution is 0.0728. The van der Waals surface area contributed by atoms with Gasteiger partial charge in [-0.3, -0.25) is 0 Å². The van der Waals surface area contributed by atoms with E-state index < -0.39 is 34.7 Å². The molecule has 0 radical (unpaired) electrons. The molecule has 0 saturated carbocycles. The molecule has 0 aliphatic heterocycles. The first-order chi connectivity index (χ1) is 25.3. The van der Waals surface area contributed by atoms with Gasteiger partial charge in [-0.05, 0) is 105 Å². The number of terminal acetylenes is 1. The summed E-state index contributed by atoms with van der Waals surface area (Å²) in [4.78, 5) is 0. The molecule has 0 atom stereocenters. The molecule has 0 heterocycles. The summed E-state index contributed by atoms with van der Waals surface area (Å²) in [6, 6.07) is 3.55. The number of thioether (sulfide) groups is 1. The lowest BCUT2D eigenvalue weighted by atomic mass is 10.5. The highest BCUT2D eigenvalue weighted by Gasteiger charge is 2.42. The largest absolute Gasteiger partial charge is 0.574 e. The van der Waals surface area contributed by atoms with Gasteiger partial charge in [-0.2, -0.15) is 11.8 Å². The zero-order valence-corrected chi connectivity index (χ0v) is 40.3. The third-order valence-corrected chi connectivity index (χ3v) is 19.7. The minimum atomic E-state index is -2.63. The highest BCUT2D eigenvalue weighted by molar-refractivity contribution is 7.99. The Morgan fingerprint density at radius 1 is 0.547 bits per heavy atom. The van der Waals surface area contributed by atoms with Crippen molar-refractivity contribution in [1.82, 2.24) is 5.32 Å². The van der Waals surface area contributed by atoms with E-state index in [0.29, 0.717) is 52.3 Å². The van der Waals surface area contributed by atoms with E-state index in [1.807, 2.05) is 46.4 Å². The van der Waals surface area contributed by atoms with Crippen molar-refractivity contribution in [2.45, 2.75) is 98.1 Å². The highest BCUT2D eigenvalue weighted by Crippen LogP contribution is 2.19. The zero-order valence-electron chi connectivity index (χ0n) is 35.5. The molecule has 0 aromatic rings. The quantitative estimate of drug-likeness (QED) is 0.0280. The van der Waals surface area contributed by atoms with Gasteiger partial charge in [0.15, 0.2) is 8.32 Å². The first kappa shape index (κ1) is 59.7. The van der Waals surface area contributed by atoms with E-state index in [1.165, 1.54) is 6.04 Å². The maximum atomic E-state index is 5.74. The molecule has 9 N–H and O–H groups in total. The number of nitrogens with two attached hydrogens (primary N) is 4. The molecule has 0 unspecified atom stereocenters. The van der Waals surface area contributed by atoms with Crippen LogP contribution in [-0.2, 0) is 44.3 Å². The van der Waals surface area contributed by atoms with Crippen molar-refractivity contribution in [2.75, 3.05) is 105 Å². The highest BCUT2D eigenvalue weighted by atomic mass is 32.2. The predicted octanol–water partition coefficient (Wildman–Crippen LogP) is 4.02. The van der Waals surface area contributed by atoms with E-state index >= 15 is 0 Å². The summed E-state index contributed by atoms with van der Waals surface area (Å²) < 4.78 is 54.8. The average Bonchev–Trinajstić information content (AvgIpc) is 3.14. The van der Waals surface area contributed by atoms with Gasteiger partial charge in [0.1, 0.15) is 0 Å². The monoisotopic (exact) mass is 853 g/mol. The molecule has 0 aliphatic carbocycles. The summed E-state index contributed by atoms with van der Waals surface area (Å²) in [6.45, 7) is 23.6. The molecule has 0 rings (SSSR count). The van der Waals surface area contributed by atoms with Crippen LogP contribution in [0, 0.1) is 12.5 Å². The van der Waals surface area contributed by atoms with Crippen LogP contribution in [0.4, 0.5) is 0 Å². The van der Waals surface area contributed by atoms with Gasteiger partial charge >= 0.3 is 26.4 Å². The van der Waals surface area contributed by atoms with Gasteiger partial charge in [0.2, 0.25) is 0 Å². The molecule has 0 spiro atoms. The Kier molecular flexibility index (Phi) is 46.9. The van der Waals surface area contributed by atoms with Crippen molar-refractivity contribution in [3.05, 3.63) is 0 Å². The van der Waals surface area contributed by atoms with E-state index in [1.54, 1.807) is 21.3 Å². The molecule has 0 aliphatic rings. The van der Waals surface area contributed by atoms with Gasteiger partial charge in [-0.1, -0.05) is 6.42 Å². The fraction of sp³-hybridized carbons (Fsp3) is 0.939. The minimum Gasteiger partial charge on any atom is -0.451 e. The summed E-state index contributed by atoms with van der Waals surface area (Å²) in [5.41, 5.74) is 21.6. The number of rotatable bonds is 32. The van der Waals surface area contributed by atoms with Crippen LogP contribution in [0.2, 0.25) is 37.3 Å². The first-order valence-corrected chi connectivity index (χ1v) is 29.1. The van der Waals surface area contributed by atoms with Gasteiger partial charge in [-0.15, -0.1) is 0 Å². The molecule has 0 aromatic heterocycles. The predicted molar refractivity (Wildman–Crippen MR) is 230 cm³/mol. The lowest BCUT2D eigenvalue weighted by Crippen LogP contribution is -2.46. The smallest absolute Gasteiger partial charge is 0.451 e. The van der Waals surface area contributed by atoms with Crippen molar-refractivity contribution in [3.8, 4) is 12.5 Å². The van der Waals surface area contributed by atoms with Crippen LogP contribution < -0.4 is 28.3 Å². The van der Waals surface area contributed by atoms with E-state index in [9.17, 15) is 0 Å².